The van der Waals surface area contributed by atoms with Crippen molar-refractivity contribution in [3.8, 4) is 5.75 Å². The highest BCUT2D eigenvalue weighted by Crippen LogP contribution is 2.28. The second-order valence-corrected chi connectivity index (χ2v) is 10.7. The minimum Gasteiger partial charge on any atom is -1.00 e. The van der Waals surface area contributed by atoms with Gasteiger partial charge in [0, 0.05) is 21.7 Å². The van der Waals surface area contributed by atoms with E-state index in [1.807, 2.05) is 30.3 Å². The Morgan fingerprint density at radius 3 is 2.37 bits per heavy atom. The molecular weight excluding hydrogens is 614 g/mol. The Kier molecular flexibility index (Phi) is 12.9. The van der Waals surface area contributed by atoms with Crippen LogP contribution in [0.15, 0.2) is 77.3 Å². The summed E-state index contributed by atoms with van der Waals surface area (Å²) in [5.74, 6) is -0.142. The molecule has 3 rings (SSSR count). The molecule has 9 heteroatoms. The summed E-state index contributed by atoms with van der Waals surface area (Å²) in [5, 5.41) is 14.5. The number of nitrogens with zero attached hydrogens (tertiary/aromatic N) is 2. The van der Waals surface area contributed by atoms with Gasteiger partial charge < -0.3 is 31.5 Å². The summed E-state index contributed by atoms with van der Waals surface area (Å²) in [5.41, 5.74) is 2.57. The first kappa shape index (κ1) is 31.5. The van der Waals surface area contributed by atoms with Crippen LogP contribution < -0.4 is 27.0 Å². The van der Waals surface area contributed by atoms with Crippen molar-refractivity contribution < 1.29 is 35.9 Å². The summed E-state index contributed by atoms with van der Waals surface area (Å²) in [6, 6.07) is 22.9. The highest BCUT2D eigenvalue weighted by molar-refractivity contribution is 9.10. The van der Waals surface area contributed by atoms with Gasteiger partial charge in [-0.15, -0.1) is 0 Å². The number of ether oxygens (including phenoxy) is 1. The van der Waals surface area contributed by atoms with Crippen LogP contribution in [0.2, 0.25) is 0 Å². The molecule has 0 aromatic heterocycles. The van der Waals surface area contributed by atoms with Gasteiger partial charge in [0.2, 0.25) is 0 Å². The predicted octanol–water partition coefficient (Wildman–Crippen LogP) is 3.16. The molecule has 0 aliphatic carbocycles. The first-order chi connectivity index (χ1) is 17.7. The van der Waals surface area contributed by atoms with Crippen LogP contribution in [-0.4, -0.2) is 49.1 Å². The monoisotopic (exact) mass is 647 g/mol. The van der Waals surface area contributed by atoms with E-state index in [9.17, 15) is 14.9 Å². The fraction of sp³-hybridized carbons (Fsp3) is 0.345. The molecule has 3 aromatic rings. The Bertz CT molecular complexity index is 1170. The highest BCUT2D eigenvalue weighted by atomic mass is 79.9. The zero-order valence-electron chi connectivity index (χ0n) is 21.9. The number of nitro benzene ring substituents is 1. The Balaban J connectivity index is 0.00000507. The van der Waals surface area contributed by atoms with Crippen LogP contribution in [0.5, 0.6) is 5.75 Å². The van der Waals surface area contributed by atoms with Crippen LogP contribution in [0.1, 0.15) is 40.7 Å². The van der Waals surface area contributed by atoms with Gasteiger partial charge >= 0.3 is 5.69 Å². The summed E-state index contributed by atoms with van der Waals surface area (Å²) >= 11 is 3.45. The molecular formula is C29H35Br2N3O4. The third kappa shape index (κ3) is 10.6. The molecule has 0 aliphatic heterocycles. The lowest BCUT2D eigenvalue weighted by Gasteiger charge is -2.30. The van der Waals surface area contributed by atoms with Crippen LogP contribution in [0, 0.1) is 10.1 Å². The number of amides is 1. The van der Waals surface area contributed by atoms with Crippen LogP contribution in [0.25, 0.3) is 0 Å². The van der Waals surface area contributed by atoms with E-state index in [1.54, 1.807) is 6.07 Å². The van der Waals surface area contributed by atoms with E-state index < -0.39 is 4.92 Å². The first-order valence-electron chi connectivity index (χ1n) is 12.5. The van der Waals surface area contributed by atoms with Gasteiger partial charge in [-0.05, 0) is 55.5 Å². The maximum absolute atomic E-state index is 12.7. The Labute approximate surface area is 243 Å². The molecule has 0 unspecified atom stereocenters. The normalized spacial score (nSPS) is 10.9. The Morgan fingerprint density at radius 1 is 0.974 bits per heavy atom. The fourth-order valence-corrected chi connectivity index (χ4v) is 4.36. The van der Waals surface area contributed by atoms with E-state index in [-0.39, 0.29) is 39.9 Å². The number of nitrogens with one attached hydrogen (secondary N) is 1. The summed E-state index contributed by atoms with van der Waals surface area (Å²) in [6.45, 7) is 2.40. The first-order valence-corrected chi connectivity index (χ1v) is 13.3. The summed E-state index contributed by atoms with van der Waals surface area (Å²) < 4.78 is 7.43. The van der Waals surface area contributed by atoms with E-state index in [2.05, 4.69) is 59.6 Å². The van der Waals surface area contributed by atoms with Crippen molar-refractivity contribution in [2.24, 2.45) is 0 Å². The molecule has 0 saturated heterocycles. The number of unbranched alkanes of at least 4 members (excludes halogenated alkanes) is 2. The van der Waals surface area contributed by atoms with E-state index in [1.165, 1.54) is 23.3 Å². The summed E-state index contributed by atoms with van der Waals surface area (Å²) in [4.78, 5) is 23.8. The molecule has 0 atom stereocenters. The van der Waals surface area contributed by atoms with Gasteiger partial charge in [-0.3, -0.25) is 14.9 Å². The molecule has 204 valence electrons. The van der Waals surface area contributed by atoms with Gasteiger partial charge in [0.05, 0.1) is 38.7 Å². The Hall–Kier alpha value is -2.75. The van der Waals surface area contributed by atoms with E-state index in [0.717, 1.165) is 43.2 Å². The number of nitro groups is 1. The topological polar surface area (TPSA) is 81.5 Å². The number of hydrogen-bond donors (Lipinski definition) is 1. The molecule has 7 nitrogen and oxygen atoms in total. The molecule has 1 N–H and O–H groups in total. The second kappa shape index (κ2) is 15.6. The maximum atomic E-state index is 12.7. The molecule has 0 fully saturated rings. The summed E-state index contributed by atoms with van der Waals surface area (Å²) in [7, 11) is 4.21. The lowest BCUT2D eigenvalue weighted by atomic mass is 10.1. The number of benzene rings is 3. The van der Waals surface area contributed by atoms with Gasteiger partial charge in [-0.25, -0.2) is 0 Å². The molecule has 0 saturated carbocycles. The number of hydrogen-bond acceptors (Lipinski definition) is 4. The van der Waals surface area contributed by atoms with Crippen molar-refractivity contribution in [2.75, 3.05) is 33.8 Å². The predicted molar refractivity (Wildman–Crippen MR) is 150 cm³/mol. The molecule has 3 aromatic carbocycles. The number of rotatable bonds is 14. The van der Waals surface area contributed by atoms with Crippen molar-refractivity contribution in [3.63, 3.8) is 0 Å². The van der Waals surface area contributed by atoms with Gasteiger partial charge in [-0.2, -0.15) is 0 Å². The minimum absolute atomic E-state index is 0. The average molecular weight is 649 g/mol. The molecule has 1 amide bonds. The number of aryl methyl sites for hydroxylation is 1. The van der Waals surface area contributed by atoms with Crippen molar-refractivity contribution in [1.29, 1.82) is 0 Å². The standard InChI is InChI=1S/C29H34BrN3O4.BrH/c1-33(2,22-24-12-15-26(30)16-13-24)19-18-31-29(34)25-14-17-28(27(21-25)32(35)36)37-20-8-4-7-11-23-9-5-3-6-10-23;/h3,5-6,9-10,12-17,21H,4,7-8,11,18-20,22H2,1-2H3;1H. The molecule has 38 heavy (non-hydrogen) atoms. The van der Waals surface area contributed by atoms with Gasteiger partial charge in [0.1, 0.15) is 6.54 Å². The number of likely N-dealkylation sites (N-methyl/N-ethyl adjacent to an activating group) is 1. The van der Waals surface area contributed by atoms with Crippen molar-refractivity contribution in [2.45, 2.75) is 32.2 Å². The second-order valence-electron chi connectivity index (χ2n) is 9.78. The van der Waals surface area contributed by atoms with E-state index >= 15 is 0 Å². The van der Waals surface area contributed by atoms with E-state index in [4.69, 9.17) is 4.74 Å². The maximum Gasteiger partial charge on any atom is 0.311 e. The molecule has 0 radical (unpaired) electrons. The third-order valence-corrected chi connectivity index (χ3v) is 6.68. The average Bonchev–Trinajstić information content (AvgIpc) is 2.87. The lowest BCUT2D eigenvalue weighted by Crippen LogP contribution is -3.00. The third-order valence-electron chi connectivity index (χ3n) is 6.15. The zero-order chi connectivity index (χ0) is 26.7. The SMILES string of the molecule is C[N+](C)(CCNC(=O)c1ccc(OCCCCCc2ccccc2)c([N+](=O)[O-])c1)Cc1ccc(Br)cc1.[Br-]. The smallest absolute Gasteiger partial charge is 0.311 e. The molecule has 0 bridgehead atoms. The van der Waals surface area contributed by atoms with Crippen molar-refractivity contribution in [1.82, 2.24) is 5.32 Å². The van der Waals surface area contributed by atoms with Crippen LogP contribution in [0.4, 0.5) is 5.69 Å². The van der Waals surface area contributed by atoms with Crippen LogP contribution in [0.3, 0.4) is 0 Å². The van der Waals surface area contributed by atoms with Crippen molar-refractivity contribution in [3.05, 3.63) is 104 Å². The Morgan fingerprint density at radius 2 is 1.68 bits per heavy atom. The number of quaternary nitrogens is 1. The quantitative estimate of drug-likeness (QED) is 0.126. The lowest BCUT2D eigenvalue weighted by molar-refractivity contribution is -0.902. The van der Waals surface area contributed by atoms with Crippen molar-refractivity contribution >= 4 is 27.5 Å². The minimum atomic E-state index is -0.500. The summed E-state index contributed by atoms with van der Waals surface area (Å²) in [6.07, 6.45) is 3.82. The van der Waals surface area contributed by atoms with Gasteiger partial charge in [0.15, 0.2) is 5.75 Å². The van der Waals surface area contributed by atoms with Gasteiger partial charge in [0.25, 0.3) is 5.91 Å². The highest BCUT2D eigenvalue weighted by Gasteiger charge is 2.20. The number of halogens is 2. The van der Waals surface area contributed by atoms with Crippen LogP contribution in [-0.2, 0) is 13.0 Å². The fourth-order valence-electron chi connectivity index (χ4n) is 4.10. The largest absolute Gasteiger partial charge is 1.00 e. The molecule has 0 heterocycles. The van der Waals surface area contributed by atoms with Gasteiger partial charge in [-0.1, -0.05) is 58.4 Å². The zero-order valence-corrected chi connectivity index (χ0v) is 25.0. The molecule has 0 spiro atoms. The van der Waals surface area contributed by atoms with Crippen LogP contribution >= 0.6 is 15.9 Å². The number of carbonyl (C=O) groups excluding carboxylic acids is 1. The molecule has 0 aliphatic rings. The number of carbonyl (C=O) groups is 1. The van der Waals surface area contributed by atoms with E-state index in [0.29, 0.717) is 17.6 Å².